The van der Waals surface area contributed by atoms with Crippen molar-refractivity contribution in [3.05, 3.63) is 48.3 Å². The highest BCUT2D eigenvalue weighted by Gasteiger charge is 2.25. The lowest BCUT2D eigenvalue weighted by molar-refractivity contribution is 0.148. The topological polar surface area (TPSA) is 6.48 Å². The predicted molar refractivity (Wildman–Crippen MR) is 137 cm³/mol. The highest BCUT2D eigenvalue weighted by molar-refractivity contribution is 5.17. The SMILES string of the molecule is CCCCCCCCCCCN1C=CN(CCCCCCCC)C1Cc1ccccc1. The van der Waals surface area contributed by atoms with Gasteiger partial charge in [0.1, 0.15) is 6.17 Å². The Balaban J connectivity index is 1.71. The number of unbranched alkanes of at least 4 members (excludes halogenated alkanes) is 13. The first-order valence-electron chi connectivity index (χ1n) is 13.6. The molecule has 2 rings (SSSR count). The van der Waals surface area contributed by atoms with Crippen molar-refractivity contribution in [3.8, 4) is 0 Å². The third-order valence-corrected chi connectivity index (χ3v) is 6.77. The van der Waals surface area contributed by atoms with Crippen LogP contribution in [0.25, 0.3) is 0 Å². The van der Waals surface area contributed by atoms with Gasteiger partial charge in [0.15, 0.2) is 0 Å². The maximum atomic E-state index is 2.62. The van der Waals surface area contributed by atoms with E-state index in [-0.39, 0.29) is 0 Å². The van der Waals surface area contributed by atoms with E-state index in [4.69, 9.17) is 0 Å². The van der Waals surface area contributed by atoms with Crippen molar-refractivity contribution in [1.29, 1.82) is 0 Å². The van der Waals surface area contributed by atoms with Crippen LogP contribution < -0.4 is 0 Å². The Morgan fingerprint density at radius 3 is 1.42 bits per heavy atom. The molecule has 1 atom stereocenters. The summed E-state index contributed by atoms with van der Waals surface area (Å²) >= 11 is 0. The van der Waals surface area contributed by atoms with Gasteiger partial charge in [0.05, 0.1) is 0 Å². The average Bonchev–Trinajstić information content (AvgIpc) is 3.17. The van der Waals surface area contributed by atoms with Crippen LogP contribution in [0.4, 0.5) is 0 Å². The van der Waals surface area contributed by atoms with Crippen LogP contribution in [-0.2, 0) is 6.42 Å². The average molecular weight is 427 g/mol. The first-order chi connectivity index (χ1) is 15.3. The summed E-state index contributed by atoms with van der Waals surface area (Å²) in [6.07, 6.45) is 27.2. The monoisotopic (exact) mass is 426 g/mol. The minimum atomic E-state index is 0.507. The van der Waals surface area contributed by atoms with Crippen molar-refractivity contribution >= 4 is 0 Å². The van der Waals surface area contributed by atoms with Crippen LogP contribution in [0, 0.1) is 0 Å². The lowest BCUT2D eigenvalue weighted by Gasteiger charge is -2.33. The highest BCUT2D eigenvalue weighted by Crippen LogP contribution is 2.22. The van der Waals surface area contributed by atoms with E-state index in [9.17, 15) is 0 Å². The molecule has 2 nitrogen and oxygen atoms in total. The van der Waals surface area contributed by atoms with E-state index in [0.717, 1.165) is 6.42 Å². The number of nitrogens with zero attached hydrogens (tertiary/aromatic N) is 2. The Bertz CT molecular complexity index is 553. The molecule has 0 radical (unpaired) electrons. The molecule has 0 saturated carbocycles. The molecule has 0 amide bonds. The van der Waals surface area contributed by atoms with E-state index in [1.807, 2.05) is 0 Å². The molecule has 1 heterocycles. The molecule has 1 aromatic carbocycles. The molecule has 1 aliphatic rings. The van der Waals surface area contributed by atoms with Crippen molar-refractivity contribution in [2.24, 2.45) is 0 Å². The van der Waals surface area contributed by atoms with Gasteiger partial charge in [-0.05, 0) is 18.4 Å². The fraction of sp³-hybridized carbons (Fsp3) is 0.724. The molecular formula is C29H50N2. The first-order valence-corrected chi connectivity index (χ1v) is 13.6. The van der Waals surface area contributed by atoms with Crippen LogP contribution in [0.3, 0.4) is 0 Å². The van der Waals surface area contributed by atoms with Crippen LogP contribution in [0.1, 0.15) is 116 Å². The Hall–Kier alpha value is -1.44. The van der Waals surface area contributed by atoms with Crippen molar-refractivity contribution in [2.75, 3.05) is 13.1 Å². The van der Waals surface area contributed by atoms with Crippen molar-refractivity contribution in [1.82, 2.24) is 9.80 Å². The van der Waals surface area contributed by atoms with Gasteiger partial charge in [-0.25, -0.2) is 0 Å². The molecule has 1 unspecified atom stereocenters. The van der Waals surface area contributed by atoms with Gasteiger partial charge in [0.25, 0.3) is 0 Å². The van der Waals surface area contributed by atoms with E-state index >= 15 is 0 Å². The maximum Gasteiger partial charge on any atom is 0.105 e. The molecule has 0 fully saturated rings. The van der Waals surface area contributed by atoms with E-state index < -0.39 is 0 Å². The molecule has 1 aromatic rings. The molecular weight excluding hydrogens is 376 g/mol. The summed E-state index contributed by atoms with van der Waals surface area (Å²) < 4.78 is 0. The van der Waals surface area contributed by atoms with Gasteiger partial charge in [-0.1, -0.05) is 128 Å². The minimum Gasteiger partial charge on any atom is -0.356 e. The summed E-state index contributed by atoms with van der Waals surface area (Å²) in [7, 11) is 0. The van der Waals surface area contributed by atoms with Gasteiger partial charge in [-0.2, -0.15) is 0 Å². The summed E-state index contributed by atoms with van der Waals surface area (Å²) in [5.41, 5.74) is 1.46. The summed E-state index contributed by atoms with van der Waals surface area (Å²) in [4.78, 5) is 5.23. The van der Waals surface area contributed by atoms with Crippen molar-refractivity contribution < 1.29 is 0 Å². The van der Waals surface area contributed by atoms with Crippen molar-refractivity contribution in [3.63, 3.8) is 0 Å². The first kappa shape index (κ1) is 25.8. The smallest absolute Gasteiger partial charge is 0.105 e. The lowest BCUT2D eigenvalue weighted by Crippen LogP contribution is -2.41. The van der Waals surface area contributed by atoms with Gasteiger partial charge >= 0.3 is 0 Å². The summed E-state index contributed by atoms with van der Waals surface area (Å²) in [6, 6.07) is 11.1. The molecule has 1 aliphatic heterocycles. The Labute approximate surface area is 194 Å². The lowest BCUT2D eigenvalue weighted by atomic mass is 10.1. The second kappa shape index (κ2) is 17.2. The Morgan fingerprint density at radius 2 is 0.968 bits per heavy atom. The maximum absolute atomic E-state index is 2.62. The molecule has 0 aliphatic carbocycles. The number of rotatable bonds is 19. The molecule has 0 saturated heterocycles. The van der Waals surface area contributed by atoms with Crippen LogP contribution in [0.2, 0.25) is 0 Å². The summed E-state index contributed by atoms with van der Waals surface area (Å²) in [5, 5.41) is 0. The summed E-state index contributed by atoms with van der Waals surface area (Å²) in [6.45, 7) is 7.00. The van der Waals surface area contributed by atoms with Gasteiger partial charge in [-0.15, -0.1) is 0 Å². The molecule has 31 heavy (non-hydrogen) atoms. The normalized spacial score (nSPS) is 15.9. The minimum absolute atomic E-state index is 0.507. The molecule has 0 spiro atoms. The van der Waals surface area contributed by atoms with Gasteiger partial charge in [-0.3, -0.25) is 0 Å². The summed E-state index contributed by atoms with van der Waals surface area (Å²) in [5.74, 6) is 0. The van der Waals surface area contributed by atoms with Gasteiger partial charge < -0.3 is 9.80 Å². The van der Waals surface area contributed by atoms with Gasteiger partial charge in [0.2, 0.25) is 0 Å². The van der Waals surface area contributed by atoms with E-state index in [0.29, 0.717) is 6.17 Å². The van der Waals surface area contributed by atoms with Crippen LogP contribution in [-0.4, -0.2) is 29.1 Å². The third kappa shape index (κ3) is 11.1. The molecule has 0 N–H and O–H groups in total. The zero-order chi connectivity index (χ0) is 22.0. The fourth-order valence-corrected chi connectivity index (χ4v) is 4.75. The van der Waals surface area contributed by atoms with Crippen LogP contribution in [0.5, 0.6) is 0 Å². The van der Waals surface area contributed by atoms with E-state index in [2.05, 4.69) is 66.4 Å². The zero-order valence-electron chi connectivity index (χ0n) is 20.7. The predicted octanol–water partition coefficient (Wildman–Crippen LogP) is 8.54. The van der Waals surface area contributed by atoms with Crippen molar-refractivity contribution in [2.45, 2.75) is 123 Å². The number of hydrogen-bond donors (Lipinski definition) is 0. The second-order valence-corrected chi connectivity index (χ2v) is 9.54. The van der Waals surface area contributed by atoms with Crippen LogP contribution >= 0.6 is 0 Å². The molecule has 0 bridgehead atoms. The number of hydrogen-bond acceptors (Lipinski definition) is 2. The molecule has 2 heteroatoms. The quantitative estimate of drug-likeness (QED) is 0.204. The van der Waals surface area contributed by atoms with Gasteiger partial charge in [0, 0.05) is 31.9 Å². The zero-order valence-corrected chi connectivity index (χ0v) is 20.7. The largest absolute Gasteiger partial charge is 0.356 e. The Kier molecular flexibility index (Phi) is 14.3. The molecule has 176 valence electrons. The van der Waals surface area contributed by atoms with E-state index in [1.54, 1.807) is 0 Å². The standard InChI is InChI=1S/C29H50N2/c1-3-5-7-9-11-12-13-15-20-24-31-26-25-30(23-19-14-10-8-6-4-2)29(31)27-28-21-17-16-18-22-28/h16-18,21-22,25-26,29H,3-15,19-20,23-24,27H2,1-2H3. The fourth-order valence-electron chi connectivity index (χ4n) is 4.75. The third-order valence-electron chi connectivity index (χ3n) is 6.77. The second-order valence-electron chi connectivity index (χ2n) is 9.54. The van der Waals surface area contributed by atoms with E-state index in [1.165, 1.54) is 115 Å². The Morgan fingerprint density at radius 1 is 0.548 bits per heavy atom. The highest BCUT2D eigenvalue weighted by atomic mass is 15.4. The van der Waals surface area contributed by atoms with Crippen LogP contribution in [0.15, 0.2) is 42.7 Å². The molecule has 0 aromatic heterocycles. The number of benzene rings is 1.